The molecule has 1 aliphatic carbocycles. The molecule has 6 heteroatoms. The number of aliphatic hydroxyl groups excluding tert-OH is 2. The fraction of sp³-hybridized carbons (Fsp3) is 0.609. The Hall–Kier alpha value is -2.23. The number of esters is 1. The molecule has 0 amide bonds. The van der Waals surface area contributed by atoms with Crippen LogP contribution in [0.5, 0.6) is 11.5 Å². The number of benzene rings is 1. The van der Waals surface area contributed by atoms with E-state index in [1.807, 2.05) is 0 Å². The van der Waals surface area contributed by atoms with Crippen LogP contribution in [-0.2, 0) is 22.6 Å². The van der Waals surface area contributed by atoms with Gasteiger partial charge >= 0.3 is 5.97 Å². The summed E-state index contributed by atoms with van der Waals surface area (Å²) in [6.45, 7) is 3.22. The Balaban J connectivity index is 2.39. The van der Waals surface area contributed by atoms with E-state index in [1.165, 1.54) is 20.1 Å². The lowest BCUT2D eigenvalue weighted by Gasteiger charge is -2.29. The molecule has 4 unspecified atom stereocenters. The van der Waals surface area contributed by atoms with Crippen LogP contribution in [-0.4, -0.2) is 40.6 Å². The molecule has 0 aliphatic heterocycles. The van der Waals surface area contributed by atoms with Gasteiger partial charge in [-0.05, 0) is 48.9 Å². The molecule has 160 valence electrons. The van der Waals surface area contributed by atoms with Gasteiger partial charge in [0.15, 0.2) is 11.5 Å². The molecule has 1 aromatic rings. The summed E-state index contributed by atoms with van der Waals surface area (Å²) in [5, 5.41) is 30.2. The summed E-state index contributed by atoms with van der Waals surface area (Å²) in [6, 6.07) is 3.19. The fourth-order valence-corrected chi connectivity index (χ4v) is 3.81. The summed E-state index contributed by atoms with van der Waals surface area (Å²) < 4.78 is 10.8. The maximum atomic E-state index is 11.7. The molecule has 0 saturated heterocycles. The number of carbonyl (C=O) groups excluding carboxylic acids is 1. The van der Waals surface area contributed by atoms with E-state index in [4.69, 9.17) is 9.47 Å². The predicted molar refractivity (Wildman–Crippen MR) is 109 cm³/mol. The van der Waals surface area contributed by atoms with Gasteiger partial charge in [-0.1, -0.05) is 12.8 Å². The number of aliphatic hydroxyl groups is 2. The van der Waals surface area contributed by atoms with E-state index in [9.17, 15) is 20.1 Å². The van der Waals surface area contributed by atoms with Gasteiger partial charge in [-0.2, -0.15) is 0 Å². The van der Waals surface area contributed by atoms with E-state index < -0.39 is 18.2 Å². The highest BCUT2D eigenvalue weighted by Gasteiger charge is 2.29. The Morgan fingerprint density at radius 3 is 2.66 bits per heavy atom. The first-order valence-electron chi connectivity index (χ1n) is 10.2. The lowest BCUT2D eigenvalue weighted by Crippen LogP contribution is -2.32. The van der Waals surface area contributed by atoms with Crippen molar-refractivity contribution in [3.05, 3.63) is 23.3 Å². The van der Waals surface area contributed by atoms with Crippen molar-refractivity contribution >= 4 is 5.97 Å². The molecule has 1 aromatic carbocycles. The normalized spacial score (nSPS) is 24.9. The van der Waals surface area contributed by atoms with Crippen LogP contribution in [0.1, 0.15) is 57.1 Å². The molecule has 29 heavy (non-hydrogen) atoms. The third kappa shape index (κ3) is 6.66. The van der Waals surface area contributed by atoms with Crippen LogP contribution in [0.4, 0.5) is 0 Å². The minimum absolute atomic E-state index is 0.0382. The number of hydrogen-bond donors (Lipinski definition) is 3. The number of rotatable bonds is 6. The Morgan fingerprint density at radius 2 is 2.03 bits per heavy atom. The molecule has 4 atom stereocenters. The number of phenols is 1. The zero-order valence-corrected chi connectivity index (χ0v) is 17.5. The van der Waals surface area contributed by atoms with Crippen LogP contribution in [0.15, 0.2) is 12.1 Å². The van der Waals surface area contributed by atoms with Crippen molar-refractivity contribution in [1.82, 2.24) is 0 Å². The monoisotopic (exact) mass is 404 g/mol. The molecule has 0 fully saturated rings. The summed E-state index contributed by atoms with van der Waals surface area (Å²) in [5.74, 6) is 6.53. The largest absolute Gasteiger partial charge is 0.504 e. The SMILES string of the molecule is CCC1C#CCC(Cc2cc(OC)c(O)cc2CO)C(OC(C)=O)CC(O)CC1. The maximum absolute atomic E-state index is 11.7. The van der Waals surface area contributed by atoms with Crippen LogP contribution in [0, 0.1) is 23.7 Å². The summed E-state index contributed by atoms with van der Waals surface area (Å²) in [5.41, 5.74) is 1.38. The van der Waals surface area contributed by atoms with Crippen molar-refractivity contribution in [2.45, 2.75) is 71.2 Å². The molecular weight excluding hydrogens is 372 g/mol. The van der Waals surface area contributed by atoms with E-state index in [0.717, 1.165) is 18.4 Å². The summed E-state index contributed by atoms with van der Waals surface area (Å²) in [7, 11) is 1.47. The maximum Gasteiger partial charge on any atom is 0.302 e. The quantitative estimate of drug-likeness (QED) is 0.498. The van der Waals surface area contributed by atoms with Crippen molar-refractivity contribution in [2.24, 2.45) is 11.8 Å². The zero-order valence-electron chi connectivity index (χ0n) is 17.5. The van der Waals surface area contributed by atoms with Crippen molar-refractivity contribution in [2.75, 3.05) is 7.11 Å². The van der Waals surface area contributed by atoms with Crippen LogP contribution in [0.2, 0.25) is 0 Å². The minimum Gasteiger partial charge on any atom is -0.504 e. The molecule has 0 aromatic heterocycles. The predicted octanol–water partition coefficient (Wildman–Crippen LogP) is 2.95. The molecule has 0 saturated carbocycles. The molecule has 1 aliphatic rings. The van der Waals surface area contributed by atoms with Crippen LogP contribution in [0.3, 0.4) is 0 Å². The summed E-state index contributed by atoms with van der Waals surface area (Å²) in [6.07, 6.45) is 2.66. The van der Waals surface area contributed by atoms with Crippen molar-refractivity contribution in [1.29, 1.82) is 0 Å². The smallest absolute Gasteiger partial charge is 0.302 e. The molecule has 0 bridgehead atoms. The highest BCUT2D eigenvalue weighted by atomic mass is 16.5. The van der Waals surface area contributed by atoms with E-state index in [2.05, 4.69) is 18.8 Å². The molecule has 3 N–H and O–H groups in total. The highest BCUT2D eigenvalue weighted by Crippen LogP contribution is 2.33. The Kier molecular flexibility index (Phi) is 8.81. The minimum atomic E-state index is -0.567. The first kappa shape index (κ1) is 23.1. The van der Waals surface area contributed by atoms with Crippen molar-refractivity contribution in [3.8, 4) is 23.3 Å². The average molecular weight is 405 g/mol. The summed E-state index contributed by atoms with van der Waals surface area (Å²) in [4.78, 5) is 11.7. The van der Waals surface area contributed by atoms with Gasteiger partial charge in [0.2, 0.25) is 0 Å². The topological polar surface area (TPSA) is 96.2 Å². The third-order valence-electron chi connectivity index (χ3n) is 5.51. The van der Waals surface area contributed by atoms with Gasteiger partial charge in [0, 0.05) is 31.6 Å². The van der Waals surface area contributed by atoms with E-state index in [-0.39, 0.29) is 24.2 Å². The van der Waals surface area contributed by atoms with E-state index >= 15 is 0 Å². The third-order valence-corrected chi connectivity index (χ3v) is 5.51. The highest BCUT2D eigenvalue weighted by molar-refractivity contribution is 5.66. The molecule has 0 spiro atoms. The Bertz CT molecular complexity index is 748. The second-order valence-electron chi connectivity index (χ2n) is 7.66. The Labute approximate surface area is 172 Å². The fourth-order valence-electron chi connectivity index (χ4n) is 3.81. The molecule has 0 radical (unpaired) electrons. The molecule has 0 heterocycles. The zero-order chi connectivity index (χ0) is 21.4. The average Bonchev–Trinajstić information content (AvgIpc) is 2.69. The van der Waals surface area contributed by atoms with Gasteiger partial charge in [-0.25, -0.2) is 0 Å². The van der Waals surface area contributed by atoms with Crippen molar-refractivity contribution in [3.63, 3.8) is 0 Å². The number of methoxy groups -OCH3 is 1. The van der Waals surface area contributed by atoms with Crippen LogP contribution >= 0.6 is 0 Å². The van der Waals surface area contributed by atoms with Gasteiger partial charge in [-0.15, -0.1) is 5.92 Å². The van der Waals surface area contributed by atoms with Crippen molar-refractivity contribution < 1.29 is 29.6 Å². The van der Waals surface area contributed by atoms with Gasteiger partial charge in [-0.3, -0.25) is 4.79 Å². The second kappa shape index (κ2) is 11.1. The molecule has 6 nitrogen and oxygen atoms in total. The number of ether oxygens (including phenoxy) is 2. The first-order chi connectivity index (χ1) is 13.9. The van der Waals surface area contributed by atoms with E-state index in [1.54, 1.807) is 6.07 Å². The van der Waals surface area contributed by atoms with Gasteiger partial charge in [0.05, 0.1) is 19.8 Å². The number of carbonyl (C=O) groups is 1. The lowest BCUT2D eigenvalue weighted by molar-refractivity contribution is -0.150. The first-order valence-corrected chi connectivity index (χ1v) is 10.2. The van der Waals surface area contributed by atoms with Crippen LogP contribution < -0.4 is 4.74 Å². The van der Waals surface area contributed by atoms with Gasteiger partial charge in [0.1, 0.15) is 6.10 Å². The number of hydrogen-bond acceptors (Lipinski definition) is 6. The standard InChI is InChI=1S/C23H32O6/c1-4-16-6-5-7-17(22(29-15(2)25)13-20(26)9-8-16)10-18-12-23(28-3)21(27)11-19(18)14-24/h11-12,16-17,20,22,24,26-27H,4,7-10,13-14H2,1-3H3. The number of aromatic hydroxyl groups is 1. The van der Waals surface area contributed by atoms with Crippen LogP contribution in [0.25, 0.3) is 0 Å². The Morgan fingerprint density at radius 1 is 1.28 bits per heavy atom. The lowest BCUT2D eigenvalue weighted by atomic mass is 9.84. The summed E-state index contributed by atoms with van der Waals surface area (Å²) >= 11 is 0. The van der Waals surface area contributed by atoms with Gasteiger partial charge < -0.3 is 24.8 Å². The molecule has 2 rings (SSSR count). The van der Waals surface area contributed by atoms with Gasteiger partial charge in [0.25, 0.3) is 0 Å². The number of phenolic OH excluding ortho intramolecular Hbond substituents is 1. The second-order valence-corrected chi connectivity index (χ2v) is 7.66. The molecular formula is C23H32O6. The van der Waals surface area contributed by atoms with E-state index in [0.29, 0.717) is 37.0 Å².